The number of hydrogen-bond donors (Lipinski definition) is 1. The largest absolute Gasteiger partial charge is 0.381 e. The van der Waals surface area contributed by atoms with E-state index in [0.717, 1.165) is 24.8 Å². The lowest BCUT2D eigenvalue weighted by atomic mass is 9.85. The summed E-state index contributed by atoms with van der Waals surface area (Å²) in [5.74, 6) is 0. The van der Waals surface area contributed by atoms with Crippen LogP contribution in [0.3, 0.4) is 0 Å². The van der Waals surface area contributed by atoms with Crippen LogP contribution >= 0.6 is 11.3 Å². The summed E-state index contributed by atoms with van der Waals surface area (Å²) < 4.78 is 0. The molecule has 0 saturated heterocycles. The molecule has 1 nitrogen and oxygen atoms in total. The van der Waals surface area contributed by atoms with Gasteiger partial charge in [0.1, 0.15) is 5.60 Å². The highest BCUT2D eigenvalue weighted by Crippen LogP contribution is 2.35. The lowest BCUT2D eigenvalue weighted by molar-refractivity contribution is 0.0725. The average molecular weight is 194 g/mol. The maximum Gasteiger partial charge on any atom is 0.109 e. The van der Waals surface area contributed by atoms with Crippen LogP contribution in [0.15, 0.2) is 23.6 Å². The second kappa shape index (κ2) is 3.28. The van der Waals surface area contributed by atoms with Gasteiger partial charge in [-0.05, 0) is 37.6 Å². The van der Waals surface area contributed by atoms with Gasteiger partial charge >= 0.3 is 0 Å². The van der Waals surface area contributed by atoms with E-state index in [1.54, 1.807) is 11.3 Å². The van der Waals surface area contributed by atoms with Crippen molar-refractivity contribution in [2.24, 2.45) is 0 Å². The van der Waals surface area contributed by atoms with Crippen molar-refractivity contribution in [2.45, 2.75) is 31.8 Å². The molecule has 1 aromatic heterocycles. The van der Waals surface area contributed by atoms with Crippen LogP contribution < -0.4 is 0 Å². The van der Waals surface area contributed by atoms with E-state index in [-0.39, 0.29) is 0 Å². The molecular weight excluding hydrogens is 180 g/mol. The molecule has 0 bridgehead atoms. The van der Waals surface area contributed by atoms with Crippen molar-refractivity contribution in [3.8, 4) is 0 Å². The molecule has 2 heteroatoms. The first kappa shape index (κ1) is 8.97. The number of allylic oxidation sites excluding steroid dienone is 1. The Hall–Kier alpha value is -0.600. The lowest BCUT2D eigenvalue weighted by Gasteiger charge is -2.27. The molecule has 0 spiro atoms. The molecule has 0 radical (unpaired) electrons. The zero-order valence-electron chi connectivity index (χ0n) is 7.79. The molecule has 70 valence electrons. The van der Waals surface area contributed by atoms with E-state index in [2.05, 4.69) is 13.0 Å². The van der Waals surface area contributed by atoms with Crippen LogP contribution in [0.25, 0.3) is 0 Å². The van der Waals surface area contributed by atoms with E-state index in [1.807, 2.05) is 17.5 Å². The first-order valence-electron chi connectivity index (χ1n) is 4.67. The van der Waals surface area contributed by atoms with Gasteiger partial charge in [-0.3, -0.25) is 0 Å². The third kappa shape index (κ3) is 1.56. The fraction of sp³-hybridized carbons (Fsp3) is 0.455. The van der Waals surface area contributed by atoms with Gasteiger partial charge in [0.25, 0.3) is 0 Å². The molecule has 0 amide bonds. The Labute approximate surface area is 82.7 Å². The first-order valence-corrected chi connectivity index (χ1v) is 5.55. The number of hydrogen-bond acceptors (Lipinski definition) is 2. The molecule has 1 atom stereocenters. The molecule has 2 rings (SSSR count). The molecule has 1 aliphatic carbocycles. The lowest BCUT2D eigenvalue weighted by Crippen LogP contribution is -2.24. The summed E-state index contributed by atoms with van der Waals surface area (Å²) in [6.45, 7) is 2.07. The zero-order chi connectivity index (χ0) is 9.31. The summed E-state index contributed by atoms with van der Waals surface area (Å²) in [6, 6.07) is 2.04. The second-order valence-electron chi connectivity index (χ2n) is 3.61. The van der Waals surface area contributed by atoms with Crippen LogP contribution in [-0.4, -0.2) is 5.11 Å². The summed E-state index contributed by atoms with van der Waals surface area (Å²) >= 11 is 1.70. The topological polar surface area (TPSA) is 20.2 Å². The Balaban J connectivity index is 2.38. The minimum absolute atomic E-state index is 0.678. The normalized spacial score (nSPS) is 27.8. The predicted molar refractivity (Wildman–Crippen MR) is 55.9 cm³/mol. The van der Waals surface area contributed by atoms with Crippen LogP contribution in [0.5, 0.6) is 0 Å². The molecule has 1 aromatic rings. The van der Waals surface area contributed by atoms with Crippen LogP contribution in [0.1, 0.15) is 29.7 Å². The first-order chi connectivity index (χ1) is 6.22. The van der Waals surface area contributed by atoms with Crippen LogP contribution in [0.4, 0.5) is 0 Å². The molecule has 1 aliphatic rings. The maximum absolute atomic E-state index is 10.3. The number of thiophene rings is 1. The van der Waals surface area contributed by atoms with Gasteiger partial charge in [-0.1, -0.05) is 12.2 Å². The molecule has 0 fully saturated rings. The predicted octanol–water partition coefficient (Wildman–Crippen LogP) is 2.98. The molecule has 0 saturated carbocycles. The van der Waals surface area contributed by atoms with Crippen LogP contribution in [0.2, 0.25) is 0 Å². The Morgan fingerprint density at radius 3 is 2.92 bits per heavy atom. The van der Waals surface area contributed by atoms with E-state index >= 15 is 0 Å². The minimum atomic E-state index is -0.678. The average Bonchev–Trinajstić information content (AvgIpc) is 2.53. The highest BCUT2D eigenvalue weighted by molar-refractivity contribution is 7.10. The fourth-order valence-electron chi connectivity index (χ4n) is 1.91. The second-order valence-corrected chi connectivity index (χ2v) is 4.73. The summed E-state index contributed by atoms with van der Waals surface area (Å²) in [5.41, 5.74) is 0.413. The van der Waals surface area contributed by atoms with Crippen molar-refractivity contribution in [3.63, 3.8) is 0 Å². The highest BCUT2D eigenvalue weighted by Gasteiger charge is 2.29. The van der Waals surface area contributed by atoms with E-state index < -0.39 is 5.60 Å². The number of rotatable bonds is 1. The standard InChI is InChI=1S/C11H14OS/c1-9-10(5-8-13-9)11(12)6-3-2-4-7-11/h3,5-6,8,12H,2,4,7H2,1H3. The molecule has 0 aliphatic heterocycles. The third-order valence-electron chi connectivity index (χ3n) is 2.65. The van der Waals surface area contributed by atoms with E-state index in [9.17, 15) is 5.11 Å². The van der Waals surface area contributed by atoms with Crippen LogP contribution in [-0.2, 0) is 5.60 Å². The molecule has 1 unspecified atom stereocenters. The Morgan fingerprint density at radius 2 is 2.38 bits per heavy atom. The Bertz CT molecular complexity index is 327. The van der Waals surface area contributed by atoms with Gasteiger partial charge in [-0.25, -0.2) is 0 Å². The summed E-state index contributed by atoms with van der Waals surface area (Å²) in [5, 5.41) is 12.4. The summed E-state index contributed by atoms with van der Waals surface area (Å²) in [7, 11) is 0. The van der Waals surface area contributed by atoms with Crippen molar-refractivity contribution >= 4 is 11.3 Å². The highest BCUT2D eigenvalue weighted by atomic mass is 32.1. The molecule has 1 heterocycles. The van der Waals surface area contributed by atoms with Crippen molar-refractivity contribution in [2.75, 3.05) is 0 Å². The van der Waals surface area contributed by atoms with Gasteiger partial charge in [-0.2, -0.15) is 0 Å². The summed E-state index contributed by atoms with van der Waals surface area (Å²) in [6.07, 6.45) is 7.08. The monoisotopic (exact) mass is 194 g/mol. The van der Waals surface area contributed by atoms with Crippen LogP contribution in [0, 0.1) is 6.92 Å². The van der Waals surface area contributed by atoms with Gasteiger partial charge in [0, 0.05) is 10.4 Å². The van der Waals surface area contributed by atoms with Gasteiger partial charge < -0.3 is 5.11 Å². The molecular formula is C11H14OS. The minimum Gasteiger partial charge on any atom is -0.381 e. The maximum atomic E-state index is 10.3. The Kier molecular flexibility index (Phi) is 2.26. The third-order valence-corrected chi connectivity index (χ3v) is 3.49. The van der Waals surface area contributed by atoms with Crippen molar-refractivity contribution < 1.29 is 5.11 Å². The zero-order valence-corrected chi connectivity index (χ0v) is 8.60. The van der Waals surface area contributed by atoms with E-state index in [0.29, 0.717) is 0 Å². The smallest absolute Gasteiger partial charge is 0.109 e. The van der Waals surface area contributed by atoms with Crippen molar-refractivity contribution in [3.05, 3.63) is 34.0 Å². The van der Waals surface area contributed by atoms with Gasteiger partial charge in [0.05, 0.1) is 0 Å². The number of aliphatic hydroxyl groups is 1. The fourth-order valence-corrected chi connectivity index (χ4v) is 2.69. The van der Waals surface area contributed by atoms with Crippen molar-refractivity contribution in [1.82, 2.24) is 0 Å². The van der Waals surface area contributed by atoms with Gasteiger partial charge in [-0.15, -0.1) is 11.3 Å². The summed E-state index contributed by atoms with van der Waals surface area (Å²) in [4.78, 5) is 1.23. The molecule has 1 N–H and O–H groups in total. The van der Waals surface area contributed by atoms with E-state index in [1.165, 1.54) is 4.88 Å². The number of aryl methyl sites for hydroxylation is 1. The molecule has 13 heavy (non-hydrogen) atoms. The van der Waals surface area contributed by atoms with E-state index in [4.69, 9.17) is 0 Å². The van der Waals surface area contributed by atoms with Gasteiger partial charge in [0.2, 0.25) is 0 Å². The SMILES string of the molecule is Cc1sccc1C1(O)C=CCCC1. The van der Waals surface area contributed by atoms with Gasteiger partial charge in [0.15, 0.2) is 0 Å². The van der Waals surface area contributed by atoms with Crippen molar-refractivity contribution in [1.29, 1.82) is 0 Å². The molecule has 0 aromatic carbocycles. The Morgan fingerprint density at radius 1 is 1.54 bits per heavy atom. The quantitative estimate of drug-likeness (QED) is 0.681.